The van der Waals surface area contributed by atoms with Crippen LogP contribution in [0, 0.1) is 29.0 Å². The van der Waals surface area contributed by atoms with Gasteiger partial charge in [-0.25, -0.2) is 4.39 Å². The first-order valence-corrected chi connectivity index (χ1v) is 8.46. The van der Waals surface area contributed by atoms with Gasteiger partial charge in [0.15, 0.2) is 0 Å². The van der Waals surface area contributed by atoms with Crippen LogP contribution in [0.3, 0.4) is 0 Å². The van der Waals surface area contributed by atoms with E-state index in [-0.39, 0.29) is 5.82 Å². The summed E-state index contributed by atoms with van der Waals surface area (Å²) in [5.74, 6) is 2.71. The number of pyridine rings is 1. The predicted octanol–water partition coefficient (Wildman–Crippen LogP) is 3.92. The van der Waals surface area contributed by atoms with Gasteiger partial charge >= 0.3 is 0 Å². The fourth-order valence-corrected chi connectivity index (χ4v) is 5.75. The van der Waals surface area contributed by atoms with Gasteiger partial charge in [0.25, 0.3) is 0 Å². The van der Waals surface area contributed by atoms with E-state index in [0.29, 0.717) is 11.5 Å². The first-order chi connectivity index (χ1) is 10.1. The van der Waals surface area contributed by atoms with Gasteiger partial charge in [0, 0.05) is 18.8 Å². The summed E-state index contributed by atoms with van der Waals surface area (Å²) >= 11 is 0. The van der Waals surface area contributed by atoms with E-state index in [1.165, 1.54) is 44.7 Å². The summed E-state index contributed by atoms with van der Waals surface area (Å²) in [6, 6.07) is 2.11. The normalized spacial score (nSPS) is 38.7. The molecule has 4 aliphatic carbocycles. The van der Waals surface area contributed by atoms with Crippen LogP contribution < -0.4 is 5.32 Å². The van der Waals surface area contributed by atoms with Crippen LogP contribution in [0.1, 0.15) is 51.0 Å². The van der Waals surface area contributed by atoms with Gasteiger partial charge in [0.1, 0.15) is 5.82 Å². The Balaban J connectivity index is 1.44. The van der Waals surface area contributed by atoms with E-state index in [2.05, 4.69) is 17.2 Å². The molecule has 1 aromatic rings. The van der Waals surface area contributed by atoms with Crippen LogP contribution in [0.15, 0.2) is 18.5 Å². The summed E-state index contributed by atoms with van der Waals surface area (Å²) in [5.41, 5.74) is 1.46. The molecule has 0 amide bonds. The zero-order valence-electron chi connectivity index (χ0n) is 12.8. The molecule has 0 radical (unpaired) electrons. The fraction of sp³-hybridized carbons (Fsp3) is 0.722. The number of halogens is 1. The molecule has 0 aliphatic heterocycles. The zero-order chi connectivity index (χ0) is 14.4. The van der Waals surface area contributed by atoms with E-state index in [1.807, 2.05) is 0 Å². The topological polar surface area (TPSA) is 24.9 Å². The molecule has 1 unspecified atom stereocenters. The maximum atomic E-state index is 13.2. The maximum absolute atomic E-state index is 13.2. The first kappa shape index (κ1) is 13.7. The molecule has 4 fully saturated rings. The molecule has 3 heteroatoms. The Kier molecular flexibility index (Phi) is 3.29. The lowest BCUT2D eigenvalue weighted by Crippen LogP contribution is -2.54. The minimum atomic E-state index is -0.239. The lowest BCUT2D eigenvalue weighted by atomic mass is 9.48. The molecular weight excluding hydrogens is 263 g/mol. The second-order valence-electron chi connectivity index (χ2n) is 7.89. The number of hydrogen-bond acceptors (Lipinski definition) is 2. The Morgan fingerprint density at radius 3 is 2.38 bits per heavy atom. The molecule has 4 saturated carbocycles. The minimum absolute atomic E-state index is 0.239. The van der Waals surface area contributed by atoms with Gasteiger partial charge in [-0.15, -0.1) is 0 Å². The lowest BCUT2D eigenvalue weighted by molar-refractivity contribution is -0.0706. The van der Waals surface area contributed by atoms with Crippen molar-refractivity contribution in [2.24, 2.45) is 23.2 Å². The van der Waals surface area contributed by atoms with Gasteiger partial charge in [-0.3, -0.25) is 4.98 Å². The third-order valence-corrected chi connectivity index (χ3v) is 6.38. The van der Waals surface area contributed by atoms with Crippen molar-refractivity contribution in [3.8, 4) is 0 Å². The number of aromatic nitrogens is 1. The van der Waals surface area contributed by atoms with Gasteiger partial charge in [-0.2, -0.15) is 0 Å². The van der Waals surface area contributed by atoms with Crippen LogP contribution in [0.5, 0.6) is 0 Å². The first-order valence-electron chi connectivity index (χ1n) is 8.46. The van der Waals surface area contributed by atoms with Gasteiger partial charge in [-0.05, 0) is 80.2 Å². The summed E-state index contributed by atoms with van der Waals surface area (Å²) in [5, 5.41) is 3.68. The quantitative estimate of drug-likeness (QED) is 0.908. The van der Waals surface area contributed by atoms with Crippen LogP contribution >= 0.6 is 0 Å². The fourth-order valence-electron chi connectivity index (χ4n) is 5.75. The second kappa shape index (κ2) is 5.05. The second-order valence-corrected chi connectivity index (χ2v) is 7.89. The Bertz CT molecular complexity index is 492. The number of nitrogens with zero attached hydrogens (tertiary/aromatic N) is 1. The van der Waals surface area contributed by atoms with Crippen LogP contribution in [-0.2, 0) is 6.54 Å². The van der Waals surface area contributed by atoms with E-state index >= 15 is 0 Å². The average Bonchev–Trinajstić information content (AvgIpc) is 2.43. The third-order valence-electron chi connectivity index (χ3n) is 6.38. The predicted molar refractivity (Wildman–Crippen MR) is 81.1 cm³/mol. The SMILES string of the molecule is CC(NCc1cncc(F)c1)C12CC3CC(CC(C3)C1)C2. The molecule has 1 N–H and O–H groups in total. The summed E-state index contributed by atoms with van der Waals surface area (Å²) in [6.07, 6.45) is 11.7. The van der Waals surface area contributed by atoms with Crippen LogP contribution in [0.4, 0.5) is 4.39 Å². The summed E-state index contributed by atoms with van der Waals surface area (Å²) < 4.78 is 13.2. The highest BCUT2D eigenvalue weighted by molar-refractivity contribution is 5.11. The molecule has 4 aliphatic rings. The highest BCUT2D eigenvalue weighted by Gasteiger charge is 2.52. The number of hydrogen-bond donors (Lipinski definition) is 1. The van der Waals surface area contributed by atoms with Crippen molar-refractivity contribution >= 4 is 0 Å². The molecule has 0 aromatic carbocycles. The lowest BCUT2D eigenvalue weighted by Gasteiger charge is -2.59. The summed E-state index contributed by atoms with van der Waals surface area (Å²) in [7, 11) is 0. The van der Waals surface area contributed by atoms with Crippen molar-refractivity contribution in [3.05, 3.63) is 29.8 Å². The van der Waals surface area contributed by atoms with Gasteiger partial charge in [0.2, 0.25) is 0 Å². The maximum Gasteiger partial charge on any atom is 0.141 e. The molecule has 1 aromatic heterocycles. The Morgan fingerprint density at radius 2 is 1.81 bits per heavy atom. The molecule has 4 bridgehead atoms. The Morgan fingerprint density at radius 1 is 1.19 bits per heavy atom. The van der Waals surface area contributed by atoms with Crippen molar-refractivity contribution < 1.29 is 4.39 Å². The van der Waals surface area contributed by atoms with Crippen LogP contribution in [-0.4, -0.2) is 11.0 Å². The van der Waals surface area contributed by atoms with Gasteiger partial charge < -0.3 is 5.32 Å². The highest BCUT2D eigenvalue weighted by atomic mass is 19.1. The Labute approximate surface area is 126 Å². The van der Waals surface area contributed by atoms with Crippen molar-refractivity contribution in [2.75, 3.05) is 0 Å². The molecule has 21 heavy (non-hydrogen) atoms. The molecule has 0 saturated heterocycles. The smallest absolute Gasteiger partial charge is 0.141 e. The molecule has 0 spiro atoms. The molecule has 2 nitrogen and oxygen atoms in total. The summed E-state index contributed by atoms with van der Waals surface area (Å²) in [4.78, 5) is 3.94. The summed E-state index contributed by atoms with van der Waals surface area (Å²) in [6.45, 7) is 3.08. The van der Waals surface area contributed by atoms with Crippen molar-refractivity contribution in [1.29, 1.82) is 0 Å². The molecule has 114 valence electrons. The number of rotatable bonds is 4. The largest absolute Gasteiger partial charge is 0.310 e. The average molecular weight is 288 g/mol. The highest BCUT2D eigenvalue weighted by Crippen LogP contribution is 2.61. The van der Waals surface area contributed by atoms with E-state index in [0.717, 1.165) is 29.9 Å². The van der Waals surface area contributed by atoms with Crippen molar-refractivity contribution in [1.82, 2.24) is 10.3 Å². The molecule has 5 rings (SSSR count). The molecule has 1 heterocycles. The molecule has 1 atom stereocenters. The van der Waals surface area contributed by atoms with Gasteiger partial charge in [-0.1, -0.05) is 0 Å². The third kappa shape index (κ3) is 2.50. The zero-order valence-corrected chi connectivity index (χ0v) is 12.8. The van der Waals surface area contributed by atoms with Crippen LogP contribution in [0.2, 0.25) is 0 Å². The van der Waals surface area contributed by atoms with E-state index < -0.39 is 0 Å². The van der Waals surface area contributed by atoms with E-state index in [4.69, 9.17) is 0 Å². The number of nitrogens with one attached hydrogen (secondary N) is 1. The van der Waals surface area contributed by atoms with Gasteiger partial charge in [0.05, 0.1) is 6.20 Å². The van der Waals surface area contributed by atoms with Crippen molar-refractivity contribution in [3.63, 3.8) is 0 Å². The monoisotopic (exact) mass is 288 g/mol. The van der Waals surface area contributed by atoms with E-state index in [9.17, 15) is 4.39 Å². The molecular formula is C18H25FN2. The standard InChI is InChI=1S/C18H25FN2/c1-12(21-10-16-5-17(19)11-20-9-16)18-6-13-2-14(7-18)4-15(3-13)8-18/h5,9,11-15,21H,2-4,6-8,10H2,1H3. The Hall–Kier alpha value is -0.960. The van der Waals surface area contributed by atoms with Crippen molar-refractivity contribution in [2.45, 2.75) is 58.0 Å². The van der Waals surface area contributed by atoms with E-state index in [1.54, 1.807) is 12.3 Å². The van der Waals surface area contributed by atoms with Crippen LogP contribution in [0.25, 0.3) is 0 Å². The minimum Gasteiger partial charge on any atom is -0.310 e.